The van der Waals surface area contributed by atoms with Gasteiger partial charge in [0.15, 0.2) is 0 Å². The number of rotatable bonds is 4. The molecule has 0 radical (unpaired) electrons. The van der Waals surface area contributed by atoms with Crippen molar-refractivity contribution in [2.24, 2.45) is 5.92 Å². The Hall–Kier alpha value is -1.14. The van der Waals surface area contributed by atoms with Crippen LogP contribution >= 0.6 is 15.9 Å². The van der Waals surface area contributed by atoms with Gasteiger partial charge in [0.05, 0.1) is 12.1 Å². The SMILES string of the molecule is O=C(O)N[C@@](CO)(c1cc(Br)ccc1F)C1CC1. The van der Waals surface area contributed by atoms with Crippen LogP contribution in [0, 0.1) is 11.7 Å². The van der Waals surface area contributed by atoms with Gasteiger partial charge in [-0.1, -0.05) is 15.9 Å². The summed E-state index contributed by atoms with van der Waals surface area (Å²) in [5.41, 5.74) is -1.07. The predicted octanol–water partition coefficient (Wildman–Crippen LogP) is 2.45. The number of aliphatic hydroxyl groups is 1. The van der Waals surface area contributed by atoms with E-state index in [0.717, 1.165) is 12.8 Å². The lowest BCUT2D eigenvalue weighted by Gasteiger charge is -2.33. The largest absolute Gasteiger partial charge is 0.465 e. The molecule has 1 atom stereocenters. The van der Waals surface area contributed by atoms with Crippen LogP contribution in [0.4, 0.5) is 9.18 Å². The van der Waals surface area contributed by atoms with Crippen LogP contribution in [0.25, 0.3) is 0 Å². The van der Waals surface area contributed by atoms with Crippen LogP contribution in [0.1, 0.15) is 18.4 Å². The number of halogens is 2. The average Bonchev–Trinajstić information content (AvgIpc) is 3.13. The second-order valence-corrected chi connectivity index (χ2v) is 5.37. The van der Waals surface area contributed by atoms with Crippen molar-refractivity contribution in [1.82, 2.24) is 5.32 Å². The van der Waals surface area contributed by atoms with Gasteiger partial charge in [-0.3, -0.25) is 0 Å². The van der Waals surface area contributed by atoms with Crippen molar-refractivity contribution < 1.29 is 19.4 Å². The summed E-state index contributed by atoms with van der Waals surface area (Å²) >= 11 is 3.23. The first-order valence-corrected chi connectivity index (χ1v) is 6.36. The Morgan fingerprint density at radius 1 is 1.56 bits per heavy atom. The lowest BCUT2D eigenvalue weighted by Crippen LogP contribution is -2.50. The van der Waals surface area contributed by atoms with Gasteiger partial charge in [-0.05, 0) is 37.0 Å². The van der Waals surface area contributed by atoms with E-state index in [1.165, 1.54) is 18.2 Å². The molecule has 4 nitrogen and oxygen atoms in total. The standard InChI is InChI=1S/C12H13BrFNO3/c13-8-3-4-10(14)9(5-8)12(6-16,7-1-2-7)15-11(17)18/h3-5,7,15-16H,1-2,6H2,(H,17,18)/t12-/m1/s1. The summed E-state index contributed by atoms with van der Waals surface area (Å²) < 4.78 is 14.6. The lowest BCUT2D eigenvalue weighted by atomic mass is 9.85. The molecule has 2 rings (SSSR count). The highest BCUT2D eigenvalue weighted by atomic mass is 79.9. The number of aliphatic hydroxyl groups excluding tert-OH is 1. The minimum atomic E-state index is -1.27. The third-order valence-electron chi connectivity index (χ3n) is 3.26. The predicted molar refractivity (Wildman–Crippen MR) is 66.7 cm³/mol. The van der Waals surface area contributed by atoms with E-state index >= 15 is 0 Å². The molecule has 6 heteroatoms. The molecule has 1 saturated carbocycles. The van der Waals surface area contributed by atoms with Gasteiger partial charge < -0.3 is 15.5 Å². The first kappa shape index (κ1) is 13.3. The van der Waals surface area contributed by atoms with Crippen LogP contribution in [-0.4, -0.2) is 22.9 Å². The van der Waals surface area contributed by atoms with Gasteiger partial charge in [0.1, 0.15) is 5.82 Å². The monoisotopic (exact) mass is 317 g/mol. The Morgan fingerprint density at radius 3 is 2.72 bits per heavy atom. The average molecular weight is 318 g/mol. The first-order chi connectivity index (χ1) is 8.49. The molecule has 1 aliphatic carbocycles. The van der Waals surface area contributed by atoms with Crippen LogP contribution in [0.3, 0.4) is 0 Å². The minimum absolute atomic E-state index is 0.0672. The van der Waals surface area contributed by atoms with Gasteiger partial charge in [-0.2, -0.15) is 0 Å². The topological polar surface area (TPSA) is 69.6 Å². The molecule has 1 aromatic rings. The molecule has 0 heterocycles. The highest BCUT2D eigenvalue weighted by Crippen LogP contribution is 2.46. The first-order valence-electron chi connectivity index (χ1n) is 5.57. The number of nitrogens with one attached hydrogen (secondary N) is 1. The van der Waals surface area contributed by atoms with E-state index in [1.54, 1.807) is 0 Å². The Bertz CT molecular complexity index is 478. The number of amides is 1. The molecule has 1 aromatic carbocycles. The summed E-state index contributed by atoms with van der Waals surface area (Å²) in [6.45, 7) is -0.461. The van der Waals surface area contributed by atoms with E-state index in [9.17, 15) is 14.3 Å². The number of benzene rings is 1. The Morgan fingerprint density at radius 2 is 2.22 bits per heavy atom. The number of hydrogen-bond donors (Lipinski definition) is 3. The molecule has 1 amide bonds. The molecule has 0 bridgehead atoms. The van der Waals surface area contributed by atoms with E-state index in [1.807, 2.05) is 0 Å². The van der Waals surface area contributed by atoms with Crippen molar-refractivity contribution >= 4 is 22.0 Å². The summed E-state index contributed by atoms with van der Waals surface area (Å²) in [5, 5.41) is 20.8. The number of carbonyl (C=O) groups is 1. The van der Waals surface area contributed by atoms with E-state index in [-0.39, 0.29) is 11.5 Å². The number of carboxylic acid groups (broad SMARTS) is 1. The lowest BCUT2D eigenvalue weighted by molar-refractivity contribution is 0.120. The summed E-state index contributed by atoms with van der Waals surface area (Å²) in [7, 11) is 0. The van der Waals surface area contributed by atoms with Crippen molar-refractivity contribution in [2.75, 3.05) is 6.61 Å². The Kier molecular flexibility index (Phi) is 3.59. The fraction of sp³-hybridized carbons (Fsp3) is 0.417. The van der Waals surface area contributed by atoms with Gasteiger partial charge in [0, 0.05) is 10.0 Å². The van der Waals surface area contributed by atoms with Crippen molar-refractivity contribution in [1.29, 1.82) is 0 Å². The molecule has 0 aliphatic heterocycles. The molecule has 1 aliphatic rings. The van der Waals surface area contributed by atoms with E-state index < -0.39 is 24.1 Å². The summed E-state index contributed by atoms with van der Waals surface area (Å²) in [4.78, 5) is 10.9. The molecule has 98 valence electrons. The zero-order valence-electron chi connectivity index (χ0n) is 9.49. The van der Waals surface area contributed by atoms with Crippen molar-refractivity contribution in [3.05, 3.63) is 34.1 Å². The second-order valence-electron chi connectivity index (χ2n) is 4.46. The highest BCUT2D eigenvalue weighted by Gasteiger charge is 2.48. The maximum absolute atomic E-state index is 13.9. The zero-order valence-corrected chi connectivity index (χ0v) is 11.1. The van der Waals surface area contributed by atoms with Crippen LogP contribution in [0.2, 0.25) is 0 Å². The van der Waals surface area contributed by atoms with Gasteiger partial charge in [0.2, 0.25) is 0 Å². The van der Waals surface area contributed by atoms with Gasteiger partial charge in [-0.15, -0.1) is 0 Å². The van der Waals surface area contributed by atoms with Crippen LogP contribution in [-0.2, 0) is 5.54 Å². The van der Waals surface area contributed by atoms with Gasteiger partial charge in [0.25, 0.3) is 0 Å². The maximum atomic E-state index is 13.9. The molecule has 18 heavy (non-hydrogen) atoms. The Labute approximate surface area is 112 Å². The van der Waals surface area contributed by atoms with Crippen LogP contribution < -0.4 is 5.32 Å². The second kappa shape index (κ2) is 4.85. The van der Waals surface area contributed by atoms with Crippen molar-refractivity contribution in [2.45, 2.75) is 18.4 Å². The smallest absolute Gasteiger partial charge is 0.405 e. The summed E-state index contributed by atoms with van der Waals surface area (Å²) in [5.74, 6) is -0.588. The minimum Gasteiger partial charge on any atom is -0.465 e. The number of hydrogen-bond acceptors (Lipinski definition) is 2. The molecule has 1 fully saturated rings. The molecule has 0 saturated heterocycles. The van der Waals surface area contributed by atoms with E-state index in [4.69, 9.17) is 5.11 Å². The van der Waals surface area contributed by atoms with Gasteiger partial charge in [-0.25, -0.2) is 9.18 Å². The molecule has 0 unspecified atom stereocenters. The van der Waals surface area contributed by atoms with Gasteiger partial charge >= 0.3 is 6.09 Å². The molecule has 0 aromatic heterocycles. The Balaban J connectivity index is 2.50. The third-order valence-corrected chi connectivity index (χ3v) is 3.76. The fourth-order valence-electron chi connectivity index (χ4n) is 2.25. The normalized spacial score (nSPS) is 18.2. The molecular weight excluding hydrogens is 305 g/mol. The fourth-order valence-corrected chi connectivity index (χ4v) is 2.61. The summed E-state index contributed by atoms with van der Waals surface area (Å²) in [6, 6.07) is 4.31. The van der Waals surface area contributed by atoms with Crippen molar-refractivity contribution in [3.8, 4) is 0 Å². The van der Waals surface area contributed by atoms with Crippen LogP contribution in [0.15, 0.2) is 22.7 Å². The molecule has 3 N–H and O–H groups in total. The quantitative estimate of drug-likeness (QED) is 0.799. The van der Waals surface area contributed by atoms with Crippen LogP contribution in [0.5, 0.6) is 0 Å². The molecular formula is C12H13BrFNO3. The van der Waals surface area contributed by atoms with E-state index in [2.05, 4.69) is 21.2 Å². The van der Waals surface area contributed by atoms with E-state index in [0.29, 0.717) is 4.47 Å². The highest BCUT2D eigenvalue weighted by molar-refractivity contribution is 9.10. The summed E-state index contributed by atoms with van der Waals surface area (Å²) in [6.07, 6.45) is 0.273. The third kappa shape index (κ3) is 2.35. The van der Waals surface area contributed by atoms with Crippen molar-refractivity contribution in [3.63, 3.8) is 0 Å². The molecule has 0 spiro atoms. The maximum Gasteiger partial charge on any atom is 0.405 e. The zero-order chi connectivity index (χ0) is 13.3.